The Hall–Kier alpha value is -1.44. The number of aryl methyl sites for hydroxylation is 1. The summed E-state index contributed by atoms with van der Waals surface area (Å²) in [5.74, 6) is 0. The molecule has 1 N–H and O–H groups in total. The monoisotopic (exact) mass is 398 g/mol. The van der Waals surface area contributed by atoms with Crippen LogP contribution >= 0.6 is 0 Å². The van der Waals surface area contributed by atoms with Gasteiger partial charge in [0.2, 0.25) is 6.41 Å². The molecule has 0 bridgehead atoms. The van der Waals surface area contributed by atoms with E-state index >= 15 is 0 Å². The van der Waals surface area contributed by atoms with Crippen molar-refractivity contribution in [2.24, 2.45) is 0 Å². The van der Waals surface area contributed by atoms with Gasteiger partial charge in [-0.15, -0.1) is 0 Å². The van der Waals surface area contributed by atoms with Crippen molar-refractivity contribution in [3.63, 3.8) is 0 Å². The number of amides is 1. The lowest BCUT2D eigenvalue weighted by molar-refractivity contribution is -0.109. The third kappa shape index (κ3) is 11.4. The van der Waals surface area contributed by atoms with Gasteiger partial charge in [0.15, 0.2) is 0 Å². The fourth-order valence-corrected chi connectivity index (χ4v) is 2.44. The van der Waals surface area contributed by atoms with Crippen molar-refractivity contribution in [3.8, 4) is 0 Å². The minimum absolute atomic E-state index is 0.0417. The Labute approximate surface area is 171 Å². The van der Waals surface area contributed by atoms with Crippen LogP contribution in [0.4, 0.5) is 0 Å². The van der Waals surface area contributed by atoms with Gasteiger partial charge in [-0.2, -0.15) is 5.10 Å². The van der Waals surface area contributed by atoms with E-state index in [1.165, 1.54) is 12.0 Å². The molecule has 1 saturated heterocycles. The second-order valence-electron chi connectivity index (χ2n) is 7.67. The maximum atomic E-state index is 10.2. The number of hydrogen-bond acceptors (Lipinski definition) is 5. The van der Waals surface area contributed by atoms with Crippen LogP contribution in [0.5, 0.6) is 0 Å². The van der Waals surface area contributed by atoms with Crippen LogP contribution in [0.25, 0.3) is 0 Å². The van der Waals surface area contributed by atoms with E-state index in [0.717, 1.165) is 44.6 Å². The van der Waals surface area contributed by atoms with Crippen molar-refractivity contribution in [1.29, 1.82) is 0 Å². The van der Waals surface area contributed by atoms with Crippen LogP contribution < -0.4 is 5.32 Å². The maximum absolute atomic E-state index is 10.2. The van der Waals surface area contributed by atoms with Gasteiger partial charge >= 0.3 is 0 Å². The van der Waals surface area contributed by atoms with Gasteiger partial charge in [0.1, 0.15) is 6.23 Å². The fourth-order valence-electron chi connectivity index (χ4n) is 2.44. The lowest BCUT2D eigenvalue weighted by Gasteiger charge is -2.22. The molecule has 1 aromatic heterocycles. The van der Waals surface area contributed by atoms with E-state index in [1.807, 2.05) is 53.3 Å². The summed E-state index contributed by atoms with van der Waals surface area (Å²) >= 11 is 0. The van der Waals surface area contributed by atoms with Crippen LogP contribution in [-0.4, -0.2) is 60.5 Å². The number of rotatable bonds is 7. The summed E-state index contributed by atoms with van der Waals surface area (Å²) in [5.41, 5.74) is 2.31. The minimum atomic E-state index is 0.0417. The summed E-state index contributed by atoms with van der Waals surface area (Å²) in [6.45, 7) is 15.2. The Balaban J connectivity index is 0.000000780. The Morgan fingerprint density at radius 1 is 1.39 bits per heavy atom. The van der Waals surface area contributed by atoms with E-state index < -0.39 is 0 Å². The molecule has 0 aromatic carbocycles. The third-order valence-electron chi connectivity index (χ3n) is 4.24. The zero-order valence-electron chi connectivity index (χ0n) is 19.2. The molecular weight excluding hydrogens is 356 g/mol. The first-order valence-corrected chi connectivity index (χ1v) is 10.3. The number of carbonyl (C=O) groups is 1. The van der Waals surface area contributed by atoms with Crippen LogP contribution in [0.2, 0.25) is 0 Å². The predicted molar refractivity (Wildman–Crippen MR) is 114 cm³/mol. The number of carbonyl (C=O) groups excluding carboxylic acids is 1. The molecule has 0 radical (unpaired) electrons. The first-order valence-electron chi connectivity index (χ1n) is 10.3. The molecule has 7 nitrogen and oxygen atoms in total. The van der Waals surface area contributed by atoms with Gasteiger partial charge in [-0.1, -0.05) is 13.8 Å². The van der Waals surface area contributed by atoms with Gasteiger partial charge in [0, 0.05) is 45.1 Å². The maximum Gasteiger partial charge on any atom is 0.207 e. The minimum Gasteiger partial charge on any atom is -0.379 e. The van der Waals surface area contributed by atoms with Crippen LogP contribution in [0.15, 0.2) is 6.20 Å². The zero-order chi connectivity index (χ0) is 21.6. The average Bonchev–Trinajstić information content (AvgIpc) is 3.05. The van der Waals surface area contributed by atoms with E-state index in [2.05, 4.69) is 21.5 Å². The number of aromatic nitrogens is 2. The van der Waals surface area contributed by atoms with E-state index in [9.17, 15) is 4.79 Å². The van der Waals surface area contributed by atoms with E-state index in [0.29, 0.717) is 6.54 Å². The number of methoxy groups -OCH3 is 1. The van der Waals surface area contributed by atoms with Gasteiger partial charge in [-0.3, -0.25) is 4.79 Å². The first-order chi connectivity index (χ1) is 13.3. The number of likely N-dealkylation sites (N-methyl/N-ethyl adjacent to an activating group) is 1. The van der Waals surface area contributed by atoms with Crippen LogP contribution in [-0.2, 0) is 20.8 Å². The molecule has 2 rings (SSSR count). The number of hydrogen-bond donors (Lipinski definition) is 1. The van der Waals surface area contributed by atoms with Gasteiger partial charge in [-0.25, -0.2) is 4.68 Å². The smallest absolute Gasteiger partial charge is 0.207 e. The summed E-state index contributed by atoms with van der Waals surface area (Å²) in [7, 11) is 3.75. The van der Waals surface area contributed by atoms with Crippen molar-refractivity contribution in [2.45, 2.75) is 79.2 Å². The molecule has 164 valence electrons. The molecule has 1 aromatic rings. The highest BCUT2D eigenvalue weighted by molar-refractivity contribution is 5.45. The lowest BCUT2D eigenvalue weighted by Crippen LogP contribution is -2.28. The summed E-state index contributed by atoms with van der Waals surface area (Å²) in [5, 5.41) is 7.25. The summed E-state index contributed by atoms with van der Waals surface area (Å²) < 4.78 is 12.7. The van der Waals surface area contributed by atoms with Crippen molar-refractivity contribution in [3.05, 3.63) is 17.5 Å². The van der Waals surface area contributed by atoms with Crippen LogP contribution in [0, 0.1) is 6.92 Å². The topological polar surface area (TPSA) is 68.6 Å². The standard InChI is InChI=1S/C14H24N4O2.C5H12O.C2H6/c1-12-13(9-17(2)7-6-15-11-19)10-18(16-12)14-5-3-4-8-20-14;1-5(2,3)6-4;1-2/h10-11,14H,3-9H2,1-2H3,(H,15,19);1-4H3;1-2H3. The van der Waals surface area contributed by atoms with Crippen molar-refractivity contribution in [2.75, 3.05) is 33.9 Å². The second kappa shape index (κ2) is 14.5. The predicted octanol–water partition coefficient (Wildman–Crippen LogP) is 3.53. The molecule has 1 amide bonds. The summed E-state index contributed by atoms with van der Waals surface area (Å²) in [6.07, 6.45) is 6.32. The highest BCUT2D eigenvalue weighted by atomic mass is 16.5. The number of nitrogens with one attached hydrogen (secondary N) is 1. The molecular formula is C21H42N4O3. The van der Waals surface area contributed by atoms with Gasteiger partial charge in [0.05, 0.1) is 11.3 Å². The van der Waals surface area contributed by atoms with Crippen LogP contribution in [0.3, 0.4) is 0 Å². The molecule has 2 heterocycles. The second-order valence-corrected chi connectivity index (χ2v) is 7.67. The highest BCUT2D eigenvalue weighted by Gasteiger charge is 2.18. The van der Waals surface area contributed by atoms with Gasteiger partial charge in [-0.05, 0) is 54.0 Å². The molecule has 0 aliphatic carbocycles. The van der Waals surface area contributed by atoms with E-state index in [4.69, 9.17) is 9.47 Å². The van der Waals surface area contributed by atoms with Crippen molar-refractivity contribution >= 4 is 6.41 Å². The summed E-state index contributed by atoms with van der Waals surface area (Å²) in [6, 6.07) is 0. The zero-order valence-corrected chi connectivity index (χ0v) is 19.2. The Bertz CT molecular complexity index is 520. The Kier molecular flexibility index (Phi) is 13.8. The number of nitrogens with zero attached hydrogens (tertiary/aromatic N) is 3. The molecule has 1 fully saturated rings. The normalized spacial score (nSPS) is 16.5. The van der Waals surface area contributed by atoms with Crippen molar-refractivity contribution in [1.82, 2.24) is 20.0 Å². The molecule has 0 spiro atoms. The van der Waals surface area contributed by atoms with E-state index in [1.54, 1.807) is 7.11 Å². The molecule has 7 heteroatoms. The Morgan fingerprint density at radius 2 is 2.04 bits per heavy atom. The number of ether oxygens (including phenoxy) is 2. The van der Waals surface area contributed by atoms with Crippen LogP contribution in [0.1, 0.15) is 71.4 Å². The quantitative estimate of drug-likeness (QED) is 0.562. The molecule has 1 atom stereocenters. The third-order valence-corrected chi connectivity index (χ3v) is 4.24. The first kappa shape index (κ1) is 26.6. The molecule has 0 saturated carbocycles. The molecule has 1 aliphatic rings. The van der Waals surface area contributed by atoms with Crippen molar-refractivity contribution < 1.29 is 14.3 Å². The van der Waals surface area contributed by atoms with Gasteiger partial charge in [0.25, 0.3) is 0 Å². The van der Waals surface area contributed by atoms with Gasteiger partial charge < -0.3 is 19.7 Å². The van der Waals surface area contributed by atoms with E-state index in [-0.39, 0.29) is 11.8 Å². The average molecular weight is 399 g/mol. The lowest BCUT2D eigenvalue weighted by atomic mass is 10.2. The molecule has 1 unspecified atom stereocenters. The SMILES string of the molecule is CC.COC(C)(C)C.Cc1nn(C2CCCCO2)cc1CN(C)CCNC=O. The largest absolute Gasteiger partial charge is 0.379 e. The summed E-state index contributed by atoms with van der Waals surface area (Å²) in [4.78, 5) is 12.4. The fraction of sp³-hybridized carbons (Fsp3) is 0.810. The highest BCUT2D eigenvalue weighted by Crippen LogP contribution is 2.23. The Morgan fingerprint density at radius 3 is 2.54 bits per heavy atom. The molecule has 1 aliphatic heterocycles. The molecule has 28 heavy (non-hydrogen) atoms.